The molecular formula is C20H25. The van der Waals surface area contributed by atoms with E-state index in [1.807, 2.05) is 0 Å². The third-order valence-corrected chi connectivity index (χ3v) is 3.84. The highest BCUT2D eigenvalue weighted by atomic mass is 14.1. The SMILES string of the molecule is CCCCc1cc[c]c(-c2ccccc2)c1CCCC. The van der Waals surface area contributed by atoms with Crippen LogP contribution in [0.25, 0.3) is 11.1 Å². The molecule has 1 radical (unpaired) electrons. The molecule has 0 amide bonds. The molecule has 0 heteroatoms. The fourth-order valence-electron chi connectivity index (χ4n) is 2.68. The van der Waals surface area contributed by atoms with Crippen molar-refractivity contribution in [1.82, 2.24) is 0 Å². The summed E-state index contributed by atoms with van der Waals surface area (Å²) in [5.41, 5.74) is 5.66. The fourth-order valence-corrected chi connectivity index (χ4v) is 2.68. The lowest BCUT2D eigenvalue weighted by atomic mass is 9.90. The molecule has 0 saturated carbocycles. The molecule has 0 atom stereocenters. The van der Waals surface area contributed by atoms with Crippen molar-refractivity contribution in [3.63, 3.8) is 0 Å². The minimum atomic E-state index is 1.18. The first-order valence-corrected chi connectivity index (χ1v) is 7.94. The second-order valence-corrected chi connectivity index (χ2v) is 5.43. The van der Waals surface area contributed by atoms with E-state index < -0.39 is 0 Å². The van der Waals surface area contributed by atoms with Crippen LogP contribution in [0.15, 0.2) is 42.5 Å². The van der Waals surface area contributed by atoms with Crippen LogP contribution in [-0.2, 0) is 12.8 Å². The number of benzene rings is 2. The average Bonchev–Trinajstić information content (AvgIpc) is 2.52. The fraction of sp³-hybridized carbons (Fsp3) is 0.400. The van der Waals surface area contributed by atoms with Crippen molar-refractivity contribution in [3.8, 4) is 11.1 Å². The predicted octanol–water partition coefficient (Wildman–Crippen LogP) is 5.84. The van der Waals surface area contributed by atoms with Crippen LogP contribution in [0.3, 0.4) is 0 Å². The van der Waals surface area contributed by atoms with E-state index in [2.05, 4.69) is 62.4 Å². The van der Waals surface area contributed by atoms with Gasteiger partial charge in [-0.15, -0.1) is 0 Å². The zero-order chi connectivity index (χ0) is 14.2. The lowest BCUT2D eigenvalue weighted by molar-refractivity contribution is 0.759. The third-order valence-electron chi connectivity index (χ3n) is 3.84. The van der Waals surface area contributed by atoms with Crippen LogP contribution < -0.4 is 0 Å². The molecule has 0 bridgehead atoms. The summed E-state index contributed by atoms with van der Waals surface area (Å²) in [5.74, 6) is 0. The molecule has 0 N–H and O–H groups in total. The first kappa shape index (κ1) is 14.8. The Labute approximate surface area is 123 Å². The van der Waals surface area contributed by atoms with E-state index in [0.717, 1.165) is 0 Å². The molecule has 105 valence electrons. The normalized spacial score (nSPS) is 10.7. The summed E-state index contributed by atoms with van der Waals surface area (Å²) >= 11 is 0. The van der Waals surface area contributed by atoms with E-state index >= 15 is 0 Å². The number of unbranched alkanes of at least 4 members (excludes halogenated alkanes) is 2. The van der Waals surface area contributed by atoms with Crippen LogP contribution in [0.2, 0.25) is 0 Å². The van der Waals surface area contributed by atoms with Gasteiger partial charge in [-0.1, -0.05) is 69.2 Å². The highest BCUT2D eigenvalue weighted by Crippen LogP contribution is 2.28. The summed E-state index contributed by atoms with van der Waals surface area (Å²) in [7, 11) is 0. The molecule has 0 nitrogen and oxygen atoms in total. The first-order valence-electron chi connectivity index (χ1n) is 7.94. The number of hydrogen-bond acceptors (Lipinski definition) is 0. The number of aryl methyl sites for hydroxylation is 1. The molecule has 0 aliphatic carbocycles. The van der Waals surface area contributed by atoms with Gasteiger partial charge in [0, 0.05) is 0 Å². The van der Waals surface area contributed by atoms with Gasteiger partial charge in [0.25, 0.3) is 0 Å². The summed E-state index contributed by atoms with van der Waals surface area (Å²) in [6, 6.07) is 18.6. The molecule has 0 heterocycles. The van der Waals surface area contributed by atoms with E-state index in [-0.39, 0.29) is 0 Å². The predicted molar refractivity (Wildman–Crippen MR) is 87.9 cm³/mol. The summed E-state index contributed by atoms with van der Waals surface area (Å²) in [6.07, 6.45) is 7.41. The Morgan fingerprint density at radius 2 is 1.55 bits per heavy atom. The molecule has 0 aliphatic rings. The van der Waals surface area contributed by atoms with Gasteiger partial charge in [-0.25, -0.2) is 0 Å². The van der Waals surface area contributed by atoms with Gasteiger partial charge in [-0.05, 0) is 54.0 Å². The van der Waals surface area contributed by atoms with Crippen LogP contribution in [0, 0.1) is 6.07 Å². The van der Waals surface area contributed by atoms with Crippen LogP contribution >= 0.6 is 0 Å². The highest BCUT2D eigenvalue weighted by molar-refractivity contribution is 5.68. The van der Waals surface area contributed by atoms with Crippen LogP contribution in [0.4, 0.5) is 0 Å². The van der Waals surface area contributed by atoms with Crippen LogP contribution in [0.1, 0.15) is 50.7 Å². The minimum Gasteiger partial charge on any atom is -0.0654 e. The van der Waals surface area contributed by atoms with Crippen molar-refractivity contribution in [2.24, 2.45) is 0 Å². The smallest absolute Gasteiger partial charge is 0.00703 e. The van der Waals surface area contributed by atoms with Gasteiger partial charge in [-0.2, -0.15) is 0 Å². The van der Waals surface area contributed by atoms with E-state index in [9.17, 15) is 0 Å². The third kappa shape index (κ3) is 3.72. The standard InChI is InChI=1S/C20H25/c1-3-5-11-17-14-10-16-20(19(17)15-6-4-2)18-12-8-7-9-13-18/h7-10,12-14H,3-6,11,15H2,1-2H3. The van der Waals surface area contributed by atoms with Gasteiger partial charge in [0.2, 0.25) is 0 Å². The van der Waals surface area contributed by atoms with Crippen molar-refractivity contribution >= 4 is 0 Å². The number of rotatable bonds is 7. The summed E-state index contributed by atoms with van der Waals surface area (Å²) < 4.78 is 0. The Morgan fingerprint density at radius 1 is 0.850 bits per heavy atom. The molecule has 20 heavy (non-hydrogen) atoms. The maximum Gasteiger partial charge on any atom is -0.00703 e. The second kappa shape index (κ2) is 7.89. The van der Waals surface area contributed by atoms with E-state index in [0.29, 0.717) is 0 Å². The topological polar surface area (TPSA) is 0 Å². The van der Waals surface area contributed by atoms with Gasteiger partial charge in [-0.3, -0.25) is 0 Å². The molecular weight excluding hydrogens is 240 g/mol. The van der Waals surface area contributed by atoms with Gasteiger partial charge in [0.05, 0.1) is 0 Å². The molecule has 0 aromatic heterocycles. The Balaban J connectivity index is 2.39. The quantitative estimate of drug-likeness (QED) is 0.590. The van der Waals surface area contributed by atoms with Gasteiger partial charge >= 0.3 is 0 Å². The molecule has 2 rings (SSSR count). The molecule has 0 aliphatic heterocycles. The molecule has 0 spiro atoms. The van der Waals surface area contributed by atoms with Gasteiger partial charge in [0.15, 0.2) is 0 Å². The Bertz CT molecular complexity index is 511. The zero-order valence-electron chi connectivity index (χ0n) is 12.8. The molecule has 2 aromatic rings. The van der Waals surface area contributed by atoms with Crippen molar-refractivity contribution in [2.75, 3.05) is 0 Å². The molecule has 0 unspecified atom stereocenters. The van der Waals surface area contributed by atoms with Crippen molar-refractivity contribution in [1.29, 1.82) is 0 Å². The average molecular weight is 265 g/mol. The van der Waals surface area contributed by atoms with Gasteiger partial charge in [0.1, 0.15) is 0 Å². The summed E-state index contributed by atoms with van der Waals surface area (Å²) in [5, 5.41) is 0. The maximum absolute atomic E-state index is 3.48. The molecule has 0 fully saturated rings. The van der Waals surface area contributed by atoms with Crippen molar-refractivity contribution in [3.05, 3.63) is 59.7 Å². The number of hydrogen-bond donors (Lipinski definition) is 0. The second-order valence-electron chi connectivity index (χ2n) is 5.43. The Hall–Kier alpha value is -1.56. The van der Waals surface area contributed by atoms with Crippen LogP contribution in [0.5, 0.6) is 0 Å². The zero-order valence-corrected chi connectivity index (χ0v) is 12.8. The summed E-state index contributed by atoms with van der Waals surface area (Å²) in [4.78, 5) is 0. The Kier molecular flexibility index (Phi) is 5.86. The molecule has 2 aromatic carbocycles. The Morgan fingerprint density at radius 3 is 2.25 bits per heavy atom. The molecule has 0 saturated heterocycles. The van der Waals surface area contributed by atoms with E-state index in [1.54, 1.807) is 0 Å². The highest BCUT2D eigenvalue weighted by Gasteiger charge is 2.09. The van der Waals surface area contributed by atoms with E-state index in [1.165, 1.54) is 60.8 Å². The van der Waals surface area contributed by atoms with Crippen molar-refractivity contribution in [2.45, 2.75) is 52.4 Å². The first-order chi connectivity index (χ1) is 9.86. The van der Waals surface area contributed by atoms with E-state index in [4.69, 9.17) is 0 Å². The van der Waals surface area contributed by atoms with Gasteiger partial charge < -0.3 is 0 Å². The minimum absolute atomic E-state index is 1.18. The van der Waals surface area contributed by atoms with Crippen molar-refractivity contribution < 1.29 is 0 Å². The lowest BCUT2D eigenvalue weighted by Crippen LogP contribution is -1.98. The summed E-state index contributed by atoms with van der Waals surface area (Å²) in [6.45, 7) is 4.53. The maximum atomic E-state index is 3.48. The monoisotopic (exact) mass is 265 g/mol. The lowest BCUT2D eigenvalue weighted by Gasteiger charge is -2.15. The largest absolute Gasteiger partial charge is 0.0654 e. The van der Waals surface area contributed by atoms with Crippen LogP contribution in [-0.4, -0.2) is 0 Å².